The van der Waals surface area contributed by atoms with Crippen LogP contribution in [0.5, 0.6) is 11.5 Å². The Morgan fingerprint density at radius 2 is 1.71 bits per heavy atom. The third-order valence-electron chi connectivity index (χ3n) is 4.58. The summed E-state index contributed by atoms with van der Waals surface area (Å²) in [5.74, 6) is 0.452. The number of carbonyl (C=O) groups is 1. The number of carbonyl (C=O) groups excluding carboxylic acids is 1. The largest absolute Gasteiger partial charge is 0.497 e. The maximum absolute atomic E-state index is 13.1. The molecule has 31 heavy (non-hydrogen) atoms. The number of fused-ring (bicyclic) bond motifs is 1. The zero-order valence-electron chi connectivity index (χ0n) is 16.6. The van der Waals surface area contributed by atoms with Gasteiger partial charge < -0.3 is 19.2 Å². The molecule has 4 rings (SSSR count). The minimum atomic E-state index is -0.421. The van der Waals surface area contributed by atoms with Crippen LogP contribution in [0.1, 0.15) is 0 Å². The molecule has 0 aliphatic rings. The lowest BCUT2D eigenvalue weighted by Gasteiger charge is -2.12. The summed E-state index contributed by atoms with van der Waals surface area (Å²) >= 11 is 5.86. The summed E-state index contributed by atoms with van der Waals surface area (Å²) < 4.78 is 16.8. The number of rotatable bonds is 6. The summed E-state index contributed by atoms with van der Waals surface area (Å²) in [5, 5.41) is 3.63. The number of para-hydroxylation sites is 1. The van der Waals surface area contributed by atoms with E-state index in [1.54, 1.807) is 79.9 Å². The van der Waals surface area contributed by atoms with Crippen LogP contribution in [-0.2, 0) is 4.79 Å². The van der Waals surface area contributed by atoms with Gasteiger partial charge in [-0.1, -0.05) is 23.7 Å². The van der Waals surface area contributed by atoms with Crippen LogP contribution in [-0.4, -0.2) is 19.6 Å². The van der Waals surface area contributed by atoms with Crippen LogP contribution in [0.15, 0.2) is 82.0 Å². The highest BCUT2D eigenvalue weighted by Gasteiger charge is 2.19. The standard InChI is InChI=1S/C24H18ClNO5/c1-29-18-12-6-15(7-13-18)23-24(22(28)19-4-2-3-5-20(19)31-23)30-14-21(27)26-17-10-8-16(25)9-11-17/h2-13H,14H2,1H3,(H,26,27). The molecule has 6 nitrogen and oxygen atoms in total. The van der Waals surface area contributed by atoms with Crippen LogP contribution in [0.2, 0.25) is 5.02 Å². The molecule has 0 spiro atoms. The number of anilines is 1. The van der Waals surface area contributed by atoms with Crippen LogP contribution in [0.25, 0.3) is 22.3 Å². The first-order valence-electron chi connectivity index (χ1n) is 9.43. The fourth-order valence-electron chi connectivity index (χ4n) is 3.06. The van der Waals surface area contributed by atoms with Crippen LogP contribution in [0, 0.1) is 0 Å². The molecule has 156 valence electrons. The molecule has 0 atom stereocenters. The summed E-state index contributed by atoms with van der Waals surface area (Å²) in [6.45, 7) is -0.366. The highest BCUT2D eigenvalue weighted by molar-refractivity contribution is 6.30. The van der Waals surface area contributed by atoms with Gasteiger partial charge in [0.05, 0.1) is 12.5 Å². The van der Waals surface area contributed by atoms with Gasteiger partial charge in [0.1, 0.15) is 11.3 Å². The molecule has 0 fully saturated rings. The Kier molecular flexibility index (Phi) is 5.91. The maximum atomic E-state index is 13.1. The summed E-state index contributed by atoms with van der Waals surface area (Å²) in [6.07, 6.45) is 0. The number of hydrogen-bond acceptors (Lipinski definition) is 5. The van der Waals surface area contributed by atoms with Crippen molar-refractivity contribution in [3.63, 3.8) is 0 Å². The van der Waals surface area contributed by atoms with E-state index in [0.29, 0.717) is 33.0 Å². The third-order valence-corrected chi connectivity index (χ3v) is 4.84. The van der Waals surface area contributed by atoms with Crippen molar-refractivity contribution in [2.24, 2.45) is 0 Å². The topological polar surface area (TPSA) is 77.8 Å². The van der Waals surface area contributed by atoms with Gasteiger partial charge in [0, 0.05) is 16.3 Å². The smallest absolute Gasteiger partial charge is 0.262 e. The van der Waals surface area contributed by atoms with E-state index in [-0.39, 0.29) is 23.5 Å². The molecular formula is C24H18ClNO5. The van der Waals surface area contributed by atoms with Crippen molar-refractivity contribution in [1.82, 2.24) is 0 Å². The number of hydrogen-bond donors (Lipinski definition) is 1. The molecule has 0 saturated carbocycles. The van der Waals surface area contributed by atoms with Gasteiger partial charge in [0.25, 0.3) is 5.91 Å². The van der Waals surface area contributed by atoms with Gasteiger partial charge in [-0.25, -0.2) is 0 Å². The van der Waals surface area contributed by atoms with Crippen LogP contribution in [0.4, 0.5) is 5.69 Å². The van der Waals surface area contributed by atoms with Gasteiger partial charge in [-0.3, -0.25) is 9.59 Å². The van der Waals surface area contributed by atoms with Gasteiger partial charge in [-0.05, 0) is 60.7 Å². The fourth-order valence-corrected chi connectivity index (χ4v) is 3.18. The van der Waals surface area contributed by atoms with E-state index >= 15 is 0 Å². The first-order valence-corrected chi connectivity index (χ1v) is 9.81. The molecule has 7 heteroatoms. The Labute approximate surface area is 183 Å². The Balaban J connectivity index is 1.66. The summed E-state index contributed by atoms with van der Waals surface area (Å²) in [4.78, 5) is 25.5. The van der Waals surface area contributed by atoms with Gasteiger partial charge in [-0.2, -0.15) is 0 Å². The predicted octanol–water partition coefficient (Wildman–Crippen LogP) is 5.14. The summed E-state index contributed by atoms with van der Waals surface area (Å²) in [7, 11) is 1.57. The molecule has 0 saturated heterocycles. The molecule has 3 aromatic carbocycles. The molecule has 1 aromatic heterocycles. The van der Waals surface area contributed by atoms with Gasteiger partial charge in [0.15, 0.2) is 12.4 Å². The molecule has 1 N–H and O–H groups in total. The number of benzene rings is 3. The molecule has 0 aliphatic carbocycles. The molecule has 0 radical (unpaired) electrons. The summed E-state index contributed by atoms with van der Waals surface area (Å²) in [6, 6.07) is 20.6. The molecule has 0 unspecified atom stereocenters. The predicted molar refractivity (Wildman–Crippen MR) is 120 cm³/mol. The van der Waals surface area contributed by atoms with E-state index in [0.717, 1.165) is 0 Å². The quantitative estimate of drug-likeness (QED) is 0.453. The zero-order chi connectivity index (χ0) is 21.8. The first kappa shape index (κ1) is 20.5. The van der Waals surface area contributed by atoms with Crippen LogP contribution in [0.3, 0.4) is 0 Å². The molecule has 0 aliphatic heterocycles. The van der Waals surface area contributed by atoms with E-state index in [9.17, 15) is 9.59 Å². The maximum Gasteiger partial charge on any atom is 0.262 e. The second-order valence-electron chi connectivity index (χ2n) is 6.66. The highest BCUT2D eigenvalue weighted by Crippen LogP contribution is 2.32. The Bertz CT molecular complexity index is 1280. The van der Waals surface area contributed by atoms with Crippen molar-refractivity contribution in [2.75, 3.05) is 19.0 Å². The monoisotopic (exact) mass is 435 g/mol. The number of ether oxygens (including phenoxy) is 2. The average Bonchev–Trinajstić information content (AvgIpc) is 2.80. The number of methoxy groups -OCH3 is 1. The number of amides is 1. The number of halogens is 1. The van der Waals surface area contributed by atoms with Gasteiger partial charge in [-0.15, -0.1) is 0 Å². The zero-order valence-corrected chi connectivity index (χ0v) is 17.3. The molecular weight excluding hydrogens is 418 g/mol. The Morgan fingerprint density at radius 1 is 1.00 bits per heavy atom. The van der Waals surface area contributed by atoms with Crippen molar-refractivity contribution in [3.8, 4) is 22.8 Å². The van der Waals surface area contributed by atoms with Crippen LogP contribution >= 0.6 is 11.6 Å². The third kappa shape index (κ3) is 4.54. The van der Waals surface area contributed by atoms with Crippen molar-refractivity contribution in [3.05, 3.63) is 88.0 Å². The fraction of sp³-hybridized carbons (Fsp3) is 0.0833. The lowest BCUT2D eigenvalue weighted by molar-refractivity contribution is -0.118. The molecule has 0 bridgehead atoms. The van der Waals surface area contributed by atoms with Gasteiger partial charge >= 0.3 is 0 Å². The SMILES string of the molecule is COc1ccc(-c2oc3ccccc3c(=O)c2OCC(=O)Nc2ccc(Cl)cc2)cc1. The molecule has 1 heterocycles. The highest BCUT2D eigenvalue weighted by atomic mass is 35.5. The van der Waals surface area contributed by atoms with Crippen molar-refractivity contribution >= 4 is 34.2 Å². The average molecular weight is 436 g/mol. The number of nitrogens with one attached hydrogen (secondary N) is 1. The van der Waals surface area contributed by atoms with E-state index in [1.165, 1.54) is 0 Å². The van der Waals surface area contributed by atoms with Crippen molar-refractivity contribution < 1.29 is 18.7 Å². The molecule has 1 amide bonds. The Morgan fingerprint density at radius 3 is 2.42 bits per heavy atom. The normalized spacial score (nSPS) is 10.6. The lowest BCUT2D eigenvalue weighted by Crippen LogP contribution is -2.22. The second kappa shape index (κ2) is 8.93. The minimum absolute atomic E-state index is 0.0323. The Hall–Kier alpha value is -3.77. The minimum Gasteiger partial charge on any atom is -0.497 e. The van der Waals surface area contributed by atoms with Crippen LogP contribution < -0.4 is 20.2 Å². The van der Waals surface area contributed by atoms with E-state index < -0.39 is 5.91 Å². The van der Waals surface area contributed by atoms with E-state index in [2.05, 4.69) is 5.32 Å². The lowest BCUT2D eigenvalue weighted by atomic mass is 10.1. The second-order valence-corrected chi connectivity index (χ2v) is 7.09. The van der Waals surface area contributed by atoms with Crippen molar-refractivity contribution in [2.45, 2.75) is 0 Å². The first-order chi connectivity index (χ1) is 15.0. The molecule has 4 aromatic rings. The van der Waals surface area contributed by atoms with Crippen molar-refractivity contribution in [1.29, 1.82) is 0 Å². The van der Waals surface area contributed by atoms with Gasteiger partial charge in [0.2, 0.25) is 11.2 Å². The van der Waals surface area contributed by atoms with E-state index in [1.807, 2.05) is 0 Å². The summed E-state index contributed by atoms with van der Waals surface area (Å²) in [5.41, 5.74) is 1.26. The van der Waals surface area contributed by atoms with E-state index in [4.69, 9.17) is 25.5 Å².